The minimum absolute atomic E-state index is 0.0740. The summed E-state index contributed by atoms with van der Waals surface area (Å²) in [6.07, 6.45) is -5.27. The van der Waals surface area contributed by atoms with Gasteiger partial charge in [-0.25, -0.2) is 18.7 Å². The Morgan fingerprint density at radius 1 is 1.17 bits per heavy atom. The Hall–Kier alpha value is -3.08. The molecule has 0 amide bonds. The number of rotatable bonds is 3. The smallest absolute Gasteiger partial charge is 0.419 e. The van der Waals surface area contributed by atoms with Crippen molar-refractivity contribution < 1.29 is 27.1 Å². The maximum atomic E-state index is 15.9. The van der Waals surface area contributed by atoms with E-state index in [-0.39, 0.29) is 16.9 Å². The Kier molecular flexibility index (Phi) is 6.33. The number of carbonyl (C=O) groups excluding carboxylic acids is 1. The zero-order chi connectivity index (χ0) is 25.7. The van der Waals surface area contributed by atoms with Crippen molar-refractivity contribution in [3.63, 3.8) is 0 Å². The molecule has 3 heterocycles. The summed E-state index contributed by atoms with van der Waals surface area (Å²) in [6.45, 7) is 6.68. The van der Waals surface area contributed by atoms with Gasteiger partial charge in [-0.2, -0.15) is 13.2 Å². The number of benzene rings is 1. The Bertz CT molecular complexity index is 1460. The minimum Gasteiger partial charge on any atom is -0.443 e. The number of alkyl halides is 3. The van der Waals surface area contributed by atoms with Crippen LogP contribution in [0, 0.1) is 5.82 Å². The van der Waals surface area contributed by atoms with E-state index < -0.39 is 34.8 Å². The Balaban J connectivity index is 2.11. The van der Waals surface area contributed by atoms with Crippen LogP contribution in [0.15, 0.2) is 41.4 Å². The van der Waals surface area contributed by atoms with Gasteiger partial charge in [0.05, 0.1) is 16.6 Å². The summed E-state index contributed by atoms with van der Waals surface area (Å²) in [6, 6.07) is 7.52. The molecular weight excluding hydrogens is 481 g/mol. The molecule has 0 saturated carbocycles. The van der Waals surface area contributed by atoms with E-state index in [0.717, 1.165) is 9.95 Å². The summed E-state index contributed by atoms with van der Waals surface area (Å²) < 4.78 is 62.4. The summed E-state index contributed by atoms with van der Waals surface area (Å²) in [4.78, 5) is 22.1. The van der Waals surface area contributed by atoms with E-state index in [4.69, 9.17) is 12.6 Å². The average Bonchev–Trinajstić information content (AvgIpc) is 3.04. The average molecular weight is 501 g/mol. The van der Waals surface area contributed by atoms with Crippen LogP contribution < -0.4 is 5.46 Å². The van der Waals surface area contributed by atoms with Crippen LogP contribution >= 0.6 is 11.8 Å². The van der Waals surface area contributed by atoms with Crippen LogP contribution in [0.2, 0.25) is 0 Å². The van der Waals surface area contributed by atoms with E-state index in [1.807, 2.05) is 6.92 Å². The number of fused-ring (bicyclic) bond motifs is 2. The van der Waals surface area contributed by atoms with Gasteiger partial charge < -0.3 is 4.74 Å². The SMILES string of the molecule is [B]c1ccc2cc(SCC)c(-c3c(F)c4ncc(C(F)(F)F)cc4n3C(=O)OC(C)(C)C)nc2c1. The fourth-order valence-corrected chi connectivity index (χ4v) is 4.39. The maximum Gasteiger partial charge on any atom is 0.419 e. The Labute approximate surface area is 204 Å². The van der Waals surface area contributed by atoms with Gasteiger partial charge in [-0.3, -0.25) is 4.98 Å². The van der Waals surface area contributed by atoms with Crippen molar-refractivity contribution in [3.05, 3.63) is 47.9 Å². The second-order valence-electron chi connectivity index (χ2n) is 8.79. The third-order valence-corrected chi connectivity index (χ3v) is 5.89. The molecule has 4 aromatic rings. The van der Waals surface area contributed by atoms with Gasteiger partial charge in [0.1, 0.15) is 30.4 Å². The molecule has 0 spiro atoms. The lowest BCUT2D eigenvalue weighted by Gasteiger charge is -2.21. The molecule has 0 fully saturated rings. The molecule has 0 bridgehead atoms. The summed E-state index contributed by atoms with van der Waals surface area (Å²) in [5.41, 5.74) is -2.29. The zero-order valence-corrected chi connectivity index (χ0v) is 20.1. The number of halogens is 4. The quantitative estimate of drug-likeness (QED) is 0.193. The highest BCUT2D eigenvalue weighted by Crippen LogP contribution is 2.39. The van der Waals surface area contributed by atoms with Crippen LogP contribution in [0.1, 0.15) is 33.3 Å². The number of thioether (sulfide) groups is 1. The molecule has 0 atom stereocenters. The van der Waals surface area contributed by atoms with Crippen LogP contribution in [0.25, 0.3) is 33.3 Å². The number of hydrogen-bond donors (Lipinski definition) is 0. The molecule has 4 rings (SSSR count). The first-order chi connectivity index (χ1) is 16.3. The van der Waals surface area contributed by atoms with Gasteiger partial charge in [0.25, 0.3) is 0 Å². The van der Waals surface area contributed by atoms with Crippen LogP contribution in [-0.4, -0.2) is 39.8 Å². The first kappa shape index (κ1) is 25.0. The van der Waals surface area contributed by atoms with Crippen LogP contribution in [0.3, 0.4) is 0 Å². The highest BCUT2D eigenvalue weighted by molar-refractivity contribution is 7.99. The van der Waals surface area contributed by atoms with Gasteiger partial charge in [-0.05, 0) is 44.7 Å². The minimum atomic E-state index is -4.75. The number of carbonyl (C=O) groups is 1. The summed E-state index contributed by atoms with van der Waals surface area (Å²) in [5.74, 6) is -0.381. The number of pyridine rings is 2. The number of ether oxygens (including phenoxy) is 1. The van der Waals surface area contributed by atoms with Crippen LogP contribution in [-0.2, 0) is 10.9 Å². The highest BCUT2D eigenvalue weighted by Gasteiger charge is 2.35. The molecule has 0 saturated heterocycles. The normalized spacial score (nSPS) is 12.5. The lowest BCUT2D eigenvalue weighted by Crippen LogP contribution is -2.27. The predicted octanol–water partition coefficient (Wildman–Crippen LogP) is 6.10. The molecule has 0 aliphatic rings. The maximum absolute atomic E-state index is 15.9. The first-order valence-electron chi connectivity index (χ1n) is 10.6. The van der Waals surface area contributed by atoms with Gasteiger partial charge in [-0.1, -0.05) is 24.5 Å². The number of nitrogens with zero attached hydrogens (tertiary/aromatic N) is 3. The third-order valence-electron chi connectivity index (χ3n) is 4.98. The predicted molar refractivity (Wildman–Crippen MR) is 129 cm³/mol. The van der Waals surface area contributed by atoms with Crippen LogP contribution in [0.4, 0.5) is 22.4 Å². The first-order valence-corrected chi connectivity index (χ1v) is 11.6. The molecule has 0 aliphatic carbocycles. The molecule has 11 heteroatoms. The second kappa shape index (κ2) is 8.85. The molecule has 0 unspecified atom stereocenters. The monoisotopic (exact) mass is 501 g/mol. The summed E-state index contributed by atoms with van der Waals surface area (Å²) in [5, 5.41) is 0.733. The highest BCUT2D eigenvalue weighted by atomic mass is 32.2. The largest absolute Gasteiger partial charge is 0.443 e. The van der Waals surface area contributed by atoms with Gasteiger partial charge in [0, 0.05) is 16.5 Å². The standard InChI is InChI=1S/C24H20BF4N3O2S/c1-5-35-17-8-12-6-7-14(25)10-15(12)31-20(17)21-18(26)19-16(9-13(11-30-19)24(27,28)29)32(21)22(33)34-23(2,3)4/h6-11H,5H2,1-4H3. The molecule has 1 aromatic carbocycles. The van der Waals surface area contributed by atoms with E-state index in [1.54, 1.807) is 45.0 Å². The number of hydrogen-bond acceptors (Lipinski definition) is 5. The summed E-state index contributed by atoms with van der Waals surface area (Å²) in [7, 11) is 5.89. The van der Waals surface area contributed by atoms with E-state index in [1.165, 1.54) is 11.8 Å². The third kappa shape index (κ3) is 4.87. The van der Waals surface area contributed by atoms with E-state index in [0.29, 0.717) is 33.9 Å². The fraction of sp³-hybridized carbons (Fsp3) is 0.292. The second-order valence-corrected chi connectivity index (χ2v) is 10.1. The van der Waals surface area contributed by atoms with E-state index in [2.05, 4.69) is 9.97 Å². The van der Waals surface area contributed by atoms with Gasteiger partial charge in [-0.15, -0.1) is 11.8 Å². The van der Waals surface area contributed by atoms with Crippen molar-refractivity contribution in [2.75, 3.05) is 5.75 Å². The van der Waals surface area contributed by atoms with Crippen molar-refractivity contribution in [1.29, 1.82) is 0 Å². The van der Waals surface area contributed by atoms with Crippen molar-refractivity contribution in [2.45, 2.75) is 44.4 Å². The molecule has 2 radical (unpaired) electrons. The molecule has 180 valence electrons. The van der Waals surface area contributed by atoms with Crippen molar-refractivity contribution in [2.24, 2.45) is 0 Å². The lowest BCUT2D eigenvalue weighted by molar-refractivity contribution is -0.137. The van der Waals surface area contributed by atoms with E-state index >= 15 is 4.39 Å². The lowest BCUT2D eigenvalue weighted by atomic mass is 9.95. The van der Waals surface area contributed by atoms with Crippen molar-refractivity contribution in [3.8, 4) is 11.4 Å². The molecular formula is C24H20BF4N3O2S. The van der Waals surface area contributed by atoms with Crippen molar-refractivity contribution >= 4 is 53.1 Å². The van der Waals surface area contributed by atoms with Gasteiger partial charge in [0.2, 0.25) is 0 Å². The molecule has 0 aliphatic heterocycles. The molecule has 35 heavy (non-hydrogen) atoms. The van der Waals surface area contributed by atoms with Gasteiger partial charge in [0.15, 0.2) is 5.82 Å². The molecule has 5 nitrogen and oxygen atoms in total. The Morgan fingerprint density at radius 2 is 1.89 bits per heavy atom. The molecule has 0 N–H and O–H groups in total. The van der Waals surface area contributed by atoms with Gasteiger partial charge >= 0.3 is 12.3 Å². The Morgan fingerprint density at radius 3 is 2.51 bits per heavy atom. The van der Waals surface area contributed by atoms with E-state index in [9.17, 15) is 18.0 Å². The number of aromatic nitrogens is 3. The zero-order valence-electron chi connectivity index (χ0n) is 19.3. The van der Waals surface area contributed by atoms with Crippen molar-refractivity contribution in [1.82, 2.24) is 14.5 Å². The fourth-order valence-electron chi connectivity index (χ4n) is 3.59. The summed E-state index contributed by atoms with van der Waals surface area (Å²) >= 11 is 1.35. The topological polar surface area (TPSA) is 57.0 Å². The van der Waals surface area contributed by atoms with Crippen LogP contribution in [0.5, 0.6) is 0 Å². The molecule has 3 aromatic heterocycles.